The second kappa shape index (κ2) is 6.43. The number of nitrogens with two attached hydrogens (primary N) is 1. The third-order valence-corrected chi connectivity index (χ3v) is 2.90. The van der Waals surface area contributed by atoms with Crippen LogP contribution in [0.2, 0.25) is 0 Å². The molecule has 1 rings (SSSR count). The van der Waals surface area contributed by atoms with Crippen molar-refractivity contribution in [3.05, 3.63) is 29.6 Å². The molecule has 0 aromatic heterocycles. The van der Waals surface area contributed by atoms with Crippen LogP contribution in [0, 0.1) is 5.82 Å². The Morgan fingerprint density at radius 1 is 1.20 bits per heavy atom. The molecule has 114 valence electrons. The molecule has 0 aliphatic rings. The van der Waals surface area contributed by atoms with Crippen molar-refractivity contribution in [2.24, 2.45) is 5.73 Å². The molecule has 1 aromatic carbocycles. The third-order valence-electron chi connectivity index (χ3n) is 2.90. The van der Waals surface area contributed by atoms with Crippen LogP contribution >= 0.6 is 0 Å². The van der Waals surface area contributed by atoms with Crippen molar-refractivity contribution in [3.8, 4) is 0 Å². The molecule has 0 spiro atoms. The van der Waals surface area contributed by atoms with E-state index < -0.39 is 24.6 Å². The summed E-state index contributed by atoms with van der Waals surface area (Å²) in [5.41, 5.74) is 6.15. The van der Waals surface area contributed by atoms with Gasteiger partial charge in [-0.2, -0.15) is 13.2 Å². The molecular formula is C14H20F4N2. The van der Waals surface area contributed by atoms with E-state index in [1.54, 1.807) is 20.8 Å². The van der Waals surface area contributed by atoms with Gasteiger partial charge in [-0.15, -0.1) is 0 Å². The summed E-state index contributed by atoms with van der Waals surface area (Å²) in [6.45, 7) is 3.87. The highest BCUT2D eigenvalue weighted by Gasteiger charge is 2.33. The first-order valence-corrected chi connectivity index (χ1v) is 6.48. The Balaban J connectivity index is 3.22. The van der Waals surface area contributed by atoms with E-state index >= 15 is 0 Å². The van der Waals surface area contributed by atoms with Gasteiger partial charge in [0.05, 0.1) is 0 Å². The lowest BCUT2D eigenvalue weighted by molar-refractivity contribution is -0.120. The molecule has 1 unspecified atom stereocenters. The van der Waals surface area contributed by atoms with Crippen molar-refractivity contribution in [2.45, 2.75) is 45.5 Å². The Bertz CT molecular complexity index is 441. The molecule has 0 fully saturated rings. The molecule has 2 N–H and O–H groups in total. The molecule has 2 nitrogen and oxygen atoms in total. The zero-order valence-electron chi connectivity index (χ0n) is 11.8. The van der Waals surface area contributed by atoms with Crippen LogP contribution in [0.3, 0.4) is 0 Å². The maximum Gasteiger partial charge on any atom is 0.405 e. The van der Waals surface area contributed by atoms with Crippen LogP contribution in [0.5, 0.6) is 0 Å². The van der Waals surface area contributed by atoms with Crippen LogP contribution in [-0.2, 0) is 6.42 Å². The summed E-state index contributed by atoms with van der Waals surface area (Å²) < 4.78 is 52.0. The van der Waals surface area contributed by atoms with Gasteiger partial charge >= 0.3 is 6.18 Å². The van der Waals surface area contributed by atoms with Gasteiger partial charge in [-0.05, 0) is 39.3 Å². The Morgan fingerprint density at radius 2 is 1.80 bits per heavy atom. The minimum atomic E-state index is -4.35. The fourth-order valence-electron chi connectivity index (χ4n) is 2.08. The van der Waals surface area contributed by atoms with E-state index in [0.29, 0.717) is 0 Å². The van der Waals surface area contributed by atoms with Crippen molar-refractivity contribution < 1.29 is 17.6 Å². The highest BCUT2D eigenvalue weighted by atomic mass is 19.4. The quantitative estimate of drug-likeness (QED) is 0.842. The van der Waals surface area contributed by atoms with E-state index in [4.69, 9.17) is 5.73 Å². The Kier molecular flexibility index (Phi) is 5.39. The summed E-state index contributed by atoms with van der Waals surface area (Å²) in [5.74, 6) is -0.521. The van der Waals surface area contributed by atoms with Crippen LogP contribution < -0.4 is 10.6 Å². The van der Waals surface area contributed by atoms with Gasteiger partial charge in [0.15, 0.2) is 0 Å². The third kappa shape index (κ3) is 4.67. The topological polar surface area (TPSA) is 29.3 Å². The highest BCUT2D eigenvalue weighted by Crippen LogP contribution is 2.29. The van der Waals surface area contributed by atoms with Gasteiger partial charge in [0.25, 0.3) is 0 Å². The average molecular weight is 292 g/mol. The molecule has 0 radical (unpaired) electrons. The molecule has 0 saturated carbocycles. The molecule has 0 heterocycles. The first-order chi connectivity index (χ1) is 9.11. The highest BCUT2D eigenvalue weighted by molar-refractivity contribution is 5.55. The van der Waals surface area contributed by atoms with Crippen molar-refractivity contribution in [2.75, 3.05) is 11.4 Å². The predicted molar refractivity (Wildman–Crippen MR) is 72.3 cm³/mol. The first kappa shape index (κ1) is 16.8. The first-order valence-electron chi connectivity index (χ1n) is 6.48. The summed E-state index contributed by atoms with van der Waals surface area (Å²) >= 11 is 0. The van der Waals surface area contributed by atoms with Gasteiger partial charge in [0.1, 0.15) is 12.4 Å². The second-order valence-corrected chi connectivity index (χ2v) is 5.26. The fraction of sp³-hybridized carbons (Fsp3) is 0.571. The molecule has 0 saturated heterocycles. The number of halogens is 4. The fourth-order valence-corrected chi connectivity index (χ4v) is 2.08. The van der Waals surface area contributed by atoms with Gasteiger partial charge in [-0.25, -0.2) is 4.39 Å². The zero-order valence-corrected chi connectivity index (χ0v) is 11.8. The van der Waals surface area contributed by atoms with Crippen LogP contribution in [0.15, 0.2) is 18.2 Å². The number of anilines is 1. The Hall–Kier alpha value is -1.30. The van der Waals surface area contributed by atoms with Gasteiger partial charge in [-0.3, -0.25) is 0 Å². The van der Waals surface area contributed by atoms with E-state index in [1.165, 1.54) is 18.2 Å². The smallest absolute Gasteiger partial charge is 0.360 e. The molecular weight excluding hydrogens is 272 g/mol. The molecule has 0 bridgehead atoms. The summed E-state index contributed by atoms with van der Waals surface area (Å²) in [6.07, 6.45) is -4.15. The van der Waals surface area contributed by atoms with Crippen LogP contribution in [-0.4, -0.2) is 24.8 Å². The van der Waals surface area contributed by atoms with Crippen LogP contribution in [0.4, 0.5) is 23.2 Å². The van der Waals surface area contributed by atoms with Crippen molar-refractivity contribution in [1.29, 1.82) is 0 Å². The van der Waals surface area contributed by atoms with E-state index in [-0.39, 0.29) is 23.7 Å². The Labute approximate surface area is 116 Å². The zero-order chi connectivity index (χ0) is 15.5. The minimum Gasteiger partial charge on any atom is -0.360 e. The number of nitrogens with zero attached hydrogens (tertiary/aromatic N) is 1. The number of benzene rings is 1. The van der Waals surface area contributed by atoms with Crippen LogP contribution in [0.1, 0.15) is 26.3 Å². The number of hydrogen-bond acceptors (Lipinski definition) is 2. The largest absolute Gasteiger partial charge is 0.405 e. The molecule has 1 aromatic rings. The maximum atomic E-state index is 13.9. The van der Waals surface area contributed by atoms with Gasteiger partial charge in [-0.1, -0.05) is 6.07 Å². The summed E-state index contributed by atoms with van der Waals surface area (Å²) in [4.78, 5) is 1.15. The lowest BCUT2D eigenvalue weighted by atomic mass is 10.0. The van der Waals surface area contributed by atoms with Crippen molar-refractivity contribution in [3.63, 3.8) is 0 Å². The average Bonchev–Trinajstić information content (AvgIpc) is 2.27. The van der Waals surface area contributed by atoms with Gasteiger partial charge in [0.2, 0.25) is 0 Å². The normalized spacial score (nSPS) is 13.7. The van der Waals surface area contributed by atoms with Crippen molar-refractivity contribution >= 4 is 5.69 Å². The van der Waals surface area contributed by atoms with Gasteiger partial charge < -0.3 is 10.6 Å². The lowest BCUT2D eigenvalue weighted by Crippen LogP contribution is -2.40. The number of hydrogen-bond donors (Lipinski definition) is 1. The molecule has 0 aliphatic heterocycles. The minimum absolute atomic E-state index is 0.198. The van der Waals surface area contributed by atoms with E-state index in [9.17, 15) is 17.6 Å². The molecule has 6 heteroatoms. The van der Waals surface area contributed by atoms with Crippen LogP contribution in [0.25, 0.3) is 0 Å². The SMILES string of the molecule is CC(N)Cc1c(F)cccc1N(CC(F)(F)F)C(C)C. The van der Waals surface area contributed by atoms with Gasteiger partial charge in [0, 0.05) is 23.3 Å². The lowest BCUT2D eigenvalue weighted by Gasteiger charge is -2.32. The summed E-state index contributed by atoms with van der Waals surface area (Å²) in [7, 11) is 0. The molecule has 0 amide bonds. The van der Waals surface area contributed by atoms with E-state index in [1.807, 2.05) is 0 Å². The summed E-state index contributed by atoms with van der Waals surface area (Å²) in [6, 6.07) is 3.44. The number of rotatable bonds is 5. The van der Waals surface area contributed by atoms with Crippen molar-refractivity contribution in [1.82, 2.24) is 0 Å². The molecule has 1 atom stereocenters. The maximum absolute atomic E-state index is 13.9. The number of alkyl halides is 3. The van der Waals surface area contributed by atoms with E-state index in [2.05, 4.69) is 0 Å². The predicted octanol–water partition coefficient (Wildman–Crippen LogP) is 3.49. The molecule has 20 heavy (non-hydrogen) atoms. The molecule has 0 aliphatic carbocycles. The van der Waals surface area contributed by atoms with E-state index in [0.717, 1.165) is 4.90 Å². The second-order valence-electron chi connectivity index (χ2n) is 5.26. The summed E-state index contributed by atoms with van der Waals surface area (Å²) in [5, 5.41) is 0. The monoisotopic (exact) mass is 292 g/mol. The standard InChI is InChI=1S/C14H20F4N2/c1-9(2)20(8-14(16,17)18)13-6-4-5-12(15)11(13)7-10(3)19/h4-6,9-10H,7-8,19H2,1-3H3. The Morgan fingerprint density at radius 3 is 2.25 bits per heavy atom.